The van der Waals surface area contributed by atoms with Gasteiger partial charge in [-0.2, -0.15) is 0 Å². The van der Waals surface area contributed by atoms with Crippen LogP contribution in [0.25, 0.3) is 0 Å². The van der Waals surface area contributed by atoms with Gasteiger partial charge in [-0.1, -0.05) is 26.0 Å². The third kappa shape index (κ3) is 3.97. The summed E-state index contributed by atoms with van der Waals surface area (Å²) in [6.45, 7) is 9.70. The van der Waals surface area contributed by atoms with E-state index in [2.05, 4.69) is 57.3 Å². The minimum absolute atomic E-state index is 0.248. The van der Waals surface area contributed by atoms with Crippen molar-refractivity contribution in [2.24, 2.45) is 5.92 Å². The van der Waals surface area contributed by atoms with Crippen LogP contribution in [0, 0.1) is 5.92 Å². The van der Waals surface area contributed by atoms with Crippen molar-refractivity contribution in [3.8, 4) is 5.75 Å². The maximum Gasteiger partial charge on any atom is 0.119 e. The van der Waals surface area contributed by atoms with Crippen molar-refractivity contribution in [3.63, 3.8) is 0 Å². The van der Waals surface area contributed by atoms with E-state index in [1.807, 2.05) is 0 Å². The third-order valence-corrected chi connectivity index (χ3v) is 3.89. The van der Waals surface area contributed by atoms with E-state index in [0.29, 0.717) is 6.04 Å². The lowest BCUT2D eigenvalue weighted by atomic mass is 9.70. The molecule has 2 atom stereocenters. The maximum absolute atomic E-state index is 5.69. The molecule has 2 heteroatoms. The maximum atomic E-state index is 5.69. The minimum Gasteiger partial charge on any atom is -0.491 e. The highest BCUT2D eigenvalue weighted by Crippen LogP contribution is 2.42. The van der Waals surface area contributed by atoms with Crippen molar-refractivity contribution >= 4 is 0 Å². The molecule has 106 valence electrons. The molecule has 0 spiro atoms. The summed E-state index contributed by atoms with van der Waals surface area (Å²) in [6, 6.07) is 9.29. The smallest absolute Gasteiger partial charge is 0.119 e. The molecule has 1 saturated carbocycles. The summed E-state index contributed by atoms with van der Waals surface area (Å²) in [4.78, 5) is 0. The zero-order valence-corrected chi connectivity index (χ0v) is 12.6. The molecule has 0 bridgehead atoms. The van der Waals surface area contributed by atoms with Gasteiger partial charge in [0.05, 0.1) is 6.10 Å². The van der Waals surface area contributed by atoms with Gasteiger partial charge in [0.2, 0.25) is 0 Å². The van der Waals surface area contributed by atoms with Gasteiger partial charge in [-0.3, -0.25) is 0 Å². The number of hydrogen-bond acceptors (Lipinski definition) is 2. The lowest BCUT2D eigenvalue weighted by molar-refractivity contribution is 0.237. The summed E-state index contributed by atoms with van der Waals surface area (Å²) >= 11 is 0. The fourth-order valence-corrected chi connectivity index (χ4v) is 2.71. The van der Waals surface area contributed by atoms with Crippen LogP contribution >= 0.6 is 0 Å². The van der Waals surface area contributed by atoms with Crippen LogP contribution in [-0.4, -0.2) is 18.7 Å². The molecule has 0 aliphatic heterocycles. The predicted molar refractivity (Wildman–Crippen MR) is 80.8 cm³/mol. The molecule has 2 rings (SSSR count). The first-order valence-electron chi connectivity index (χ1n) is 7.56. The SMILES string of the molecule is CC(C)NCC1CCC1c1ccc(OC(C)C)cc1. The molecule has 1 aromatic carbocycles. The molecule has 19 heavy (non-hydrogen) atoms. The van der Waals surface area contributed by atoms with Gasteiger partial charge in [-0.05, 0) is 62.8 Å². The Morgan fingerprint density at radius 2 is 1.79 bits per heavy atom. The molecule has 1 fully saturated rings. The Bertz CT molecular complexity index is 383. The fourth-order valence-electron chi connectivity index (χ4n) is 2.71. The zero-order chi connectivity index (χ0) is 13.8. The Kier molecular flexibility index (Phi) is 4.87. The first-order valence-corrected chi connectivity index (χ1v) is 7.56. The number of nitrogens with one attached hydrogen (secondary N) is 1. The van der Waals surface area contributed by atoms with Crippen molar-refractivity contribution in [2.75, 3.05) is 6.54 Å². The average Bonchev–Trinajstić information content (AvgIpc) is 2.29. The highest BCUT2D eigenvalue weighted by molar-refractivity contribution is 5.31. The molecule has 0 saturated heterocycles. The zero-order valence-electron chi connectivity index (χ0n) is 12.6. The number of ether oxygens (including phenoxy) is 1. The molecule has 2 unspecified atom stereocenters. The Labute approximate surface area is 117 Å². The van der Waals surface area contributed by atoms with E-state index < -0.39 is 0 Å². The van der Waals surface area contributed by atoms with Crippen molar-refractivity contribution in [3.05, 3.63) is 29.8 Å². The second-order valence-electron chi connectivity index (χ2n) is 6.24. The van der Waals surface area contributed by atoms with Crippen molar-refractivity contribution in [1.82, 2.24) is 5.32 Å². The van der Waals surface area contributed by atoms with Crippen LogP contribution in [0.15, 0.2) is 24.3 Å². The summed E-state index contributed by atoms with van der Waals surface area (Å²) in [7, 11) is 0. The van der Waals surface area contributed by atoms with E-state index in [-0.39, 0.29) is 6.10 Å². The van der Waals surface area contributed by atoms with Gasteiger partial charge >= 0.3 is 0 Å². The first kappa shape index (κ1) is 14.4. The van der Waals surface area contributed by atoms with Crippen LogP contribution in [0.1, 0.15) is 52.0 Å². The van der Waals surface area contributed by atoms with Gasteiger partial charge in [0.25, 0.3) is 0 Å². The van der Waals surface area contributed by atoms with Gasteiger partial charge in [0.1, 0.15) is 5.75 Å². The van der Waals surface area contributed by atoms with Crippen LogP contribution in [0.2, 0.25) is 0 Å². The highest BCUT2D eigenvalue weighted by Gasteiger charge is 2.31. The van der Waals surface area contributed by atoms with E-state index in [1.54, 1.807) is 0 Å². The van der Waals surface area contributed by atoms with Gasteiger partial charge < -0.3 is 10.1 Å². The summed E-state index contributed by atoms with van der Waals surface area (Å²) in [5.41, 5.74) is 1.47. The van der Waals surface area contributed by atoms with Gasteiger partial charge in [0, 0.05) is 6.04 Å². The Balaban J connectivity index is 1.91. The quantitative estimate of drug-likeness (QED) is 0.836. The standard InChI is InChI=1S/C17H27NO/c1-12(2)18-11-15-7-10-17(15)14-5-8-16(9-6-14)19-13(3)4/h5-6,8-9,12-13,15,17-18H,7,10-11H2,1-4H3. The summed E-state index contributed by atoms with van der Waals surface area (Å²) in [6.07, 6.45) is 2.93. The molecule has 0 aromatic heterocycles. The summed E-state index contributed by atoms with van der Waals surface area (Å²) in [5.74, 6) is 2.52. The lowest BCUT2D eigenvalue weighted by Gasteiger charge is -2.38. The summed E-state index contributed by atoms with van der Waals surface area (Å²) < 4.78 is 5.69. The van der Waals surface area contributed by atoms with Gasteiger partial charge in [-0.15, -0.1) is 0 Å². The second-order valence-corrected chi connectivity index (χ2v) is 6.24. The van der Waals surface area contributed by atoms with E-state index in [1.165, 1.54) is 18.4 Å². The van der Waals surface area contributed by atoms with Crippen LogP contribution in [0.4, 0.5) is 0 Å². The summed E-state index contributed by atoms with van der Waals surface area (Å²) in [5, 5.41) is 3.56. The van der Waals surface area contributed by atoms with Crippen LogP contribution in [-0.2, 0) is 0 Å². The van der Waals surface area contributed by atoms with E-state index >= 15 is 0 Å². The molecule has 0 heterocycles. The largest absolute Gasteiger partial charge is 0.491 e. The number of hydrogen-bond donors (Lipinski definition) is 1. The molecular weight excluding hydrogens is 234 g/mol. The molecule has 0 amide bonds. The van der Waals surface area contributed by atoms with Crippen molar-refractivity contribution in [1.29, 1.82) is 0 Å². The van der Waals surface area contributed by atoms with Crippen molar-refractivity contribution < 1.29 is 4.74 Å². The third-order valence-electron chi connectivity index (χ3n) is 3.89. The molecular formula is C17H27NO. The first-order chi connectivity index (χ1) is 9.06. The Hall–Kier alpha value is -1.02. The highest BCUT2D eigenvalue weighted by atomic mass is 16.5. The van der Waals surface area contributed by atoms with Crippen molar-refractivity contribution in [2.45, 2.75) is 58.6 Å². The van der Waals surface area contributed by atoms with Crippen LogP contribution < -0.4 is 10.1 Å². The molecule has 1 aliphatic carbocycles. The minimum atomic E-state index is 0.248. The van der Waals surface area contributed by atoms with Crippen LogP contribution in [0.3, 0.4) is 0 Å². The normalized spacial score (nSPS) is 22.6. The monoisotopic (exact) mass is 261 g/mol. The Morgan fingerprint density at radius 3 is 2.26 bits per heavy atom. The van der Waals surface area contributed by atoms with Gasteiger partial charge in [0.15, 0.2) is 0 Å². The fraction of sp³-hybridized carbons (Fsp3) is 0.647. The Morgan fingerprint density at radius 1 is 1.11 bits per heavy atom. The van der Waals surface area contributed by atoms with E-state index in [9.17, 15) is 0 Å². The lowest BCUT2D eigenvalue weighted by Crippen LogP contribution is -2.36. The molecule has 1 N–H and O–H groups in total. The van der Waals surface area contributed by atoms with E-state index in [4.69, 9.17) is 4.74 Å². The number of benzene rings is 1. The second kappa shape index (κ2) is 6.42. The molecule has 1 aliphatic rings. The molecule has 2 nitrogen and oxygen atoms in total. The average molecular weight is 261 g/mol. The molecule has 0 radical (unpaired) electrons. The van der Waals surface area contributed by atoms with E-state index in [0.717, 1.165) is 24.1 Å². The van der Waals surface area contributed by atoms with Gasteiger partial charge in [-0.25, -0.2) is 0 Å². The molecule has 1 aromatic rings. The predicted octanol–water partition coefficient (Wildman–Crippen LogP) is 3.97. The number of rotatable bonds is 6. The topological polar surface area (TPSA) is 21.3 Å². The van der Waals surface area contributed by atoms with Crippen LogP contribution in [0.5, 0.6) is 5.75 Å².